The van der Waals surface area contributed by atoms with E-state index in [0.29, 0.717) is 5.92 Å². The summed E-state index contributed by atoms with van der Waals surface area (Å²) >= 11 is 0. The SMILES string of the molecule is CNC(C)(C)c1cncn1CCCOCC(C)C. The summed E-state index contributed by atoms with van der Waals surface area (Å²) in [5.41, 5.74) is 1.17. The number of nitrogens with one attached hydrogen (secondary N) is 1. The predicted molar refractivity (Wildman–Crippen MR) is 74.6 cm³/mol. The van der Waals surface area contributed by atoms with E-state index in [1.807, 2.05) is 19.6 Å². The molecule has 0 aromatic carbocycles. The van der Waals surface area contributed by atoms with Gasteiger partial charge in [0, 0.05) is 26.0 Å². The standard InChI is InChI=1S/C14H27N3O/c1-12(2)10-18-8-6-7-17-11-16-9-13(17)14(3,4)15-5/h9,11-12,15H,6-8,10H2,1-5H3. The summed E-state index contributed by atoms with van der Waals surface area (Å²) < 4.78 is 7.80. The van der Waals surface area contributed by atoms with E-state index in [4.69, 9.17) is 4.74 Å². The van der Waals surface area contributed by atoms with Crippen LogP contribution in [-0.4, -0.2) is 29.8 Å². The highest BCUT2D eigenvalue weighted by Gasteiger charge is 2.21. The molecule has 0 aliphatic heterocycles. The number of hydrogen-bond donors (Lipinski definition) is 1. The van der Waals surface area contributed by atoms with Gasteiger partial charge in [0.2, 0.25) is 0 Å². The van der Waals surface area contributed by atoms with E-state index in [1.165, 1.54) is 5.69 Å². The summed E-state index contributed by atoms with van der Waals surface area (Å²) in [5.74, 6) is 0.608. The maximum absolute atomic E-state index is 5.60. The van der Waals surface area contributed by atoms with Crippen molar-refractivity contribution >= 4 is 0 Å². The molecule has 104 valence electrons. The molecule has 0 amide bonds. The van der Waals surface area contributed by atoms with E-state index in [1.54, 1.807) is 0 Å². The van der Waals surface area contributed by atoms with Crippen LogP contribution >= 0.6 is 0 Å². The lowest BCUT2D eigenvalue weighted by atomic mass is 10.0. The molecule has 0 aliphatic carbocycles. The van der Waals surface area contributed by atoms with Gasteiger partial charge in [0.15, 0.2) is 0 Å². The minimum absolute atomic E-state index is 0.0463. The fourth-order valence-corrected chi connectivity index (χ4v) is 1.80. The fourth-order valence-electron chi connectivity index (χ4n) is 1.80. The van der Waals surface area contributed by atoms with Gasteiger partial charge in [0.1, 0.15) is 0 Å². The molecule has 18 heavy (non-hydrogen) atoms. The molecule has 1 N–H and O–H groups in total. The summed E-state index contributed by atoms with van der Waals surface area (Å²) in [5, 5.41) is 3.31. The van der Waals surface area contributed by atoms with Crippen LogP contribution in [-0.2, 0) is 16.8 Å². The fraction of sp³-hybridized carbons (Fsp3) is 0.786. The van der Waals surface area contributed by atoms with E-state index in [2.05, 4.69) is 42.6 Å². The van der Waals surface area contributed by atoms with Gasteiger partial charge in [-0.2, -0.15) is 0 Å². The molecule has 0 saturated carbocycles. The second-order valence-electron chi connectivity index (χ2n) is 5.67. The maximum atomic E-state index is 5.60. The van der Waals surface area contributed by atoms with Crippen LogP contribution in [0.5, 0.6) is 0 Å². The van der Waals surface area contributed by atoms with Crippen molar-refractivity contribution in [2.45, 2.75) is 46.2 Å². The van der Waals surface area contributed by atoms with Gasteiger partial charge in [-0.3, -0.25) is 0 Å². The highest BCUT2D eigenvalue weighted by atomic mass is 16.5. The lowest BCUT2D eigenvalue weighted by molar-refractivity contribution is 0.105. The number of aryl methyl sites for hydroxylation is 1. The van der Waals surface area contributed by atoms with Crippen molar-refractivity contribution in [2.75, 3.05) is 20.3 Å². The number of rotatable bonds is 8. The highest BCUT2D eigenvalue weighted by Crippen LogP contribution is 2.19. The molecule has 0 spiro atoms. The first kappa shape index (κ1) is 15.2. The minimum atomic E-state index is -0.0463. The molecule has 0 radical (unpaired) electrons. The van der Waals surface area contributed by atoms with E-state index in [9.17, 15) is 0 Å². The van der Waals surface area contributed by atoms with Crippen molar-refractivity contribution in [1.29, 1.82) is 0 Å². The normalized spacial score (nSPS) is 12.3. The smallest absolute Gasteiger partial charge is 0.0948 e. The Morgan fingerprint density at radius 3 is 2.78 bits per heavy atom. The summed E-state index contributed by atoms with van der Waals surface area (Å²) in [4.78, 5) is 4.25. The zero-order valence-corrected chi connectivity index (χ0v) is 12.4. The molecule has 0 unspecified atom stereocenters. The molecular formula is C14H27N3O. The Morgan fingerprint density at radius 1 is 1.44 bits per heavy atom. The third-order valence-corrected chi connectivity index (χ3v) is 3.12. The van der Waals surface area contributed by atoms with Crippen LogP contribution in [0.1, 0.15) is 39.8 Å². The quantitative estimate of drug-likeness (QED) is 0.723. The molecule has 0 atom stereocenters. The molecule has 4 nitrogen and oxygen atoms in total. The third kappa shape index (κ3) is 4.42. The number of aromatic nitrogens is 2. The molecular weight excluding hydrogens is 226 g/mol. The molecule has 1 heterocycles. The van der Waals surface area contributed by atoms with Gasteiger partial charge in [-0.25, -0.2) is 4.98 Å². The Labute approximate surface area is 111 Å². The van der Waals surface area contributed by atoms with E-state index < -0.39 is 0 Å². The lowest BCUT2D eigenvalue weighted by Gasteiger charge is -2.25. The zero-order valence-electron chi connectivity index (χ0n) is 12.4. The van der Waals surface area contributed by atoms with Crippen LogP contribution in [0.4, 0.5) is 0 Å². The first-order valence-corrected chi connectivity index (χ1v) is 6.74. The lowest BCUT2D eigenvalue weighted by Crippen LogP contribution is -2.35. The number of ether oxygens (including phenoxy) is 1. The van der Waals surface area contributed by atoms with Gasteiger partial charge in [0.25, 0.3) is 0 Å². The maximum Gasteiger partial charge on any atom is 0.0948 e. The zero-order chi connectivity index (χ0) is 13.6. The van der Waals surface area contributed by atoms with Crippen LogP contribution in [0.2, 0.25) is 0 Å². The summed E-state index contributed by atoms with van der Waals surface area (Å²) in [6.07, 6.45) is 4.86. The number of nitrogens with zero attached hydrogens (tertiary/aromatic N) is 2. The second-order valence-corrected chi connectivity index (χ2v) is 5.67. The van der Waals surface area contributed by atoms with Crippen molar-refractivity contribution in [3.63, 3.8) is 0 Å². The van der Waals surface area contributed by atoms with E-state index >= 15 is 0 Å². The molecule has 0 saturated heterocycles. The number of imidazole rings is 1. The van der Waals surface area contributed by atoms with Crippen molar-refractivity contribution in [1.82, 2.24) is 14.9 Å². The molecule has 4 heteroatoms. The van der Waals surface area contributed by atoms with Gasteiger partial charge < -0.3 is 14.6 Å². The van der Waals surface area contributed by atoms with E-state index in [-0.39, 0.29) is 5.54 Å². The molecule has 1 rings (SSSR count). The van der Waals surface area contributed by atoms with Gasteiger partial charge in [0.05, 0.1) is 17.6 Å². The first-order chi connectivity index (χ1) is 8.47. The van der Waals surface area contributed by atoms with Crippen molar-refractivity contribution in [3.8, 4) is 0 Å². The largest absolute Gasteiger partial charge is 0.381 e. The topological polar surface area (TPSA) is 39.1 Å². The Bertz CT molecular complexity index is 345. The first-order valence-electron chi connectivity index (χ1n) is 6.74. The molecule has 0 fully saturated rings. The third-order valence-electron chi connectivity index (χ3n) is 3.12. The van der Waals surface area contributed by atoms with Gasteiger partial charge in [-0.05, 0) is 33.2 Å². The van der Waals surface area contributed by atoms with Crippen LogP contribution in [0.3, 0.4) is 0 Å². The molecule has 0 aliphatic rings. The van der Waals surface area contributed by atoms with Gasteiger partial charge >= 0.3 is 0 Å². The Morgan fingerprint density at radius 2 is 2.17 bits per heavy atom. The van der Waals surface area contributed by atoms with Crippen LogP contribution in [0, 0.1) is 5.92 Å². The summed E-state index contributed by atoms with van der Waals surface area (Å²) in [7, 11) is 1.98. The average Bonchev–Trinajstić information content (AvgIpc) is 2.77. The van der Waals surface area contributed by atoms with Crippen molar-refractivity contribution in [2.24, 2.45) is 5.92 Å². The highest BCUT2D eigenvalue weighted by molar-refractivity contribution is 5.10. The van der Waals surface area contributed by atoms with Gasteiger partial charge in [-0.1, -0.05) is 13.8 Å². The summed E-state index contributed by atoms with van der Waals surface area (Å²) in [6.45, 7) is 11.3. The Hall–Kier alpha value is -0.870. The Balaban J connectivity index is 2.42. The number of hydrogen-bond acceptors (Lipinski definition) is 3. The monoisotopic (exact) mass is 253 g/mol. The van der Waals surface area contributed by atoms with Crippen LogP contribution in [0.25, 0.3) is 0 Å². The molecule has 1 aromatic heterocycles. The predicted octanol–water partition coefficient (Wildman–Crippen LogP) is 2.40. The summed E-state index contributed by atoms with van der Waals surface area (Å²) in [6, 6.07) is 0. The van der Waals surface area contributed by atoms with Crippen LogP contribution in [0.15, 0.2) is 12.5 Å². The van der Waals surface area contributed by atoms with Crippen molar-refractivity contribution < 1.29 is 4.74 Å². The average molecular weight is 253 g/mol. The van der Waals surface area contributed by atoms with E-state index in [0.717, 1.165) is 26.2 Å². The van der Waals surface area contributed by atoms with Gasteiger partial charge in [-0.15, -0.1) is 0 Å². The van der Waals surface area contributed by atoms with Crippen molar-refractivity contribution in [3.05, 3.63) is 18.2 Å². The Kier molecular flexibility index (Phi) is 5.82. The van der Waals surface area contributed by atoms with Crippen LogP contribution < -0.4 is 5.32 Å². The second kappa shape index (κ2) is 6.90. The molecule has 0 bridgehead atoms. The minimum Gasteiger partial charge on any atom is -0.381 e. The molecule has 1 aromatic rings.